The minimum atomic E-state index is -0.979. The summed E-state index contributed by atoms with van der Waals surface area (Å²) in [5.41, 5.74) is 5.18. The Labute approximate surface area is 250 Å². The maximum absolute atomic E-state index is 13.5. The van der Waals surface area contributed by atoms with E-state index in [0.29, 0.717) is 44.9 Å². The molecule has 4 atom stereocenters. The lowest BCUT2D eigenvalue weighted by Gasteiger charge is -2.25. The van der Waals surface area contributed by atoms with Crippen LogP contribution in [0, 0.1) is 31.6 Å². The number of anilines is 1. The van der Waals surface area contributed by atoms with Crippen LogP contribution in [0.1, 0.15) is 65.0 Å². The quantitative estimate of drug-likeness (QED) is 0.142. The number of hydrogen-bond acceptors (Lipinski definition) is 6. The van der Waals surface area contributed by atoms with Gasteiger partial charge in [-0.15, -0.1) is 0 Å². The fraction of sp³-hybridized carbons (Fsp3) is 0.306. The summed E-state index contributed by atoms with van der Waals surface area (Å²) < 4.78 is 5.69. The Kier molecular flexibility index (Phi) is 7.42. The number of nitrogens with zero attached hydrogens (tertiary/aromatic N) is 2. The first-order valence-electron chi connectivity index (χ1n) is 14.8. The van der Waals surface area contributed by atoms with Crippen LogP contribution in [-0.4, -0.2) is 34.7 Å². The number of esters is 1. The van der Waals surface area contributed by atoms with E-state index >= 15 is 0 Å². The van der Waals surface area contributed by atoms with Crippen LogP contribution < -0.4 is 4.90 Å². The predicted molar refractivity (Wildman–Crippen MR) is 165 cm³/mol. The molecule has 2 amide bonds. The van der Waals surface area contributed by atoms with E-state index in [1.165, 1.54) is 4.90 Å². The summed E-state index contributed by atoms with van der Waals surface area (Å²) in [6.45, 7) is 7.58. The third kappa shape index (κ3) is 5.36. The Balaban J connectivity index is 1.29. The molecule has 0 spiro atoms. The third-order valence-electron chi connectivity index (χ3n) is 8.78. The number of rotatable bonds is 6. The van der Waals surface area contributed by atoms with E-state index in [4.69, 9.17) is 9.72 Å². The largest absolute Gasteiger partial charge is 0.451 e. The van der Waals surface area contributed by atoms with Crippen molar-refractivity contribution in [3.05, 3.63) is 95.1 Å². The van der Waals surface area contributed by atoms with Gasteiger partial charge >= 0.3 is 5.97 Å². The van der Waals surface area contributed by atoms with Gasteiger partial charge in [0.15, 0.2) is 6.10 Å². The third-order valence-corrected chi connectivity index (χ3v) is 8.78. The van der Waals surface area contributed by atoms with Crippen LogP contribution in [0.2, 0.25) is 0 Å². The highest BCUT2D eigenvalue weighted by molar-refractivity contribution is 6.22. The topological polar surface area (TPSA) is 93.6 Å². The molecule has 1 aromatic heterocycles. The number of pyridine rings is 1. The number of Topliss-reactive ketones (excluding diaryl/α,β-unsaturated/α-hetero) is 1. The van der Waals surface area contributed by atoms with E-state index in [1.807, 2.05) is 56.3 Å². The van der Waals surface area contributed by atoms with Gasteiger partial charge in [-0.1, -0.05) is 60.5 Å². The van der Waals surface area contributed by atoms with Crippen LogP contribution >= 0.6 is 0 Å². The average Bonchev–Trinajstić information content (AvgIpc) is 3.25. The highest BCUT2D eigenvalue weighted by Gasteiger charge is 2.49. The fourth-order valence-corrected chi connectivity index (χ4v) is 6.31. The van der Waals surface area contributed by atoms with Crippen molar-refractivity contribution >= 4 is 40.2 Å². The molecule has 1 saturated carbocycles. The second-order valence-corrected chi connectivity index (χ2v) is 12.0. The summed E-state index contributed by atoms with van der Waals surface area (Å²) in [7, 11) is 0. The van der Waals surface area contributed by atoms with Gasteiger partial charge in [-0.2, -0.15) is 0 Å². The van der Waals surface area contributed by atoms with Crippen LogP contribution in [-0.2, 0) is 14.3 Å². The van der Waals surface area contributed by atoms with Crippen molar-refractivity contribution in [2.24, 2.45) is 17.8 Å². The minimum absolute atomic E-state index is 0.117. The lowest BCUT2D eigenvalue weighted by Crippen LogP contribution is -2.30. The van der Waals surface area contributed by atoms with Gasteiger partial charge in [0.25, 0.3) is 0 Å². The molecule has 7 nitrogen and oxygen atoms in total. The first-order valence-corrected chi connectivity index (χ1v) is 14.8. The SMILES string of the molecule is Cc1ccc(C(=O)[C@@H](C)OC(=O)c2cc(-c3ccc(N4C(=O)[C@H]5CC[C@H](C)C[C@@H]5C4=O)cc3)nc3ccc(C)cc23)cc1. The Bertz CT molecular complexity index is 1760. The average molecular weight is 575 g/mol. The second kappa shape index (κ2) is 11.2. The van der Waals surface area contributed by atoms with Gasteiger partial charge in [-0.05, 0) is 76.3 Å². The van der Waals surface area contributed by atoms with Gasteiger partial charge in [-0.25, -0.2) is 9.78 Å². The van der Waals surface area contributed by atoms with Gasteiger partial charge in [-0.3, -0.25) is 19.3 Å². The number of amides is 2. The van der Waals surface area contributed by atoms with Crippen molar-refractivity contribution in [3.8, 4) is 11.3 Å². The van der Waals surface area contributed by atoms with Crippen LogP contribution in [0.25, 0.3) is 22.2 Å². The van der Waals surface area contributed by atoms with Crippen LogP contribution in [0.3, 0.4) is 0 Å². The lowest BCUT2D eigenvalue weighted by atomic mass is 9.76. The molecule has 0 unspecified atom stereocenters. The second-order valence-electron chi connectivity index (χ2n) is 12.0. The molecule has 43 heavy (non-hydrogen) atoms. The van der Waals surface area contributed by atoms with Gasteiger partial charge < -0.3 is 4.74 Å². The first-order chi connectivity index (χ1) is 20.6. The first kappa shape index (κ1) is 28.5. The molecule has 0 N–H and O–H groups in total. The summed E-state index contributed by atoms with van der Waals surface area (Å²) >= 11 is 0. The highest BCUT2D eigenvalue weighted by atomic mass is 16.5. The van der Waals surface area contributed by atoms with Crippen molar-refractivity contribution in [1.82, 2.24) is 4.98 Å². The number of benzene rings is 3. The van der Waals surface area contributed by atoms with Crippen molar-refractivity contribution in [2.75, 3.05) is 4.90 Å². The van der Waals surface area contributed by atoms with E-state index in [0.717, 1.165) is 30.4 Å². The molecule has 4 aromatic rings. The monoisotopic (exact) mass is 574 g/mol. The number of ether oxygens (including phenoxy) is 1. The smallest absolute Gasteiger partial charge is 0.339 e. The van der Waals surface area contributed by atoms with E-state index in [-0.39, 0.29) is 29.4 Å². The Hall–Kier alpha value is -4.65. The molecule has 2 heterocycles. The van der Waals surface area contributed by atoms with Crippen LogP contribution in [0.5, 0.6) is 0 Å². The number of carbonyl (C=O) groups is 4. The molecule has 6 rings (SSSR count). The molecule has 3 aromatic carbocycles. The zero-order valence-electron chi connectivity index (χ0n) is 24.8. The van der Waals surface area contributed by atoms with E-state index in [9.17, 15) is 19.2 Å². The summed E-state index contributed by atoms with van der Waals surface area (Å²) in [6.07, 6.45) is 1.48. The number of carbonyl (C=O) groups excluding carboxylic acids is 4. The number of fused-ring (bicyclic) bond motifs is 2. The van der Waals surface area contributed by atoms with Gasteiger partial charge in [0.05, 0.1) is 34.3 Å². The van der Waals surface area contributed by atoms with Gasteiger partial charge in [0.2, 0.25) is 17.6 Å². The molecule has 7 heteroatoms. The molecule has 1 aliphatic heterocycles. The standard InChI is InChI=1S/C36H34N2O5/c1-20-5-9-25(10-6-20)33(39)23(4)43-36(42)30-19-32(37-31-16-8-22(3)17-28(30)31)24-11-13-26(14-12-24)38-34(40)27-15-7-21(2)18-29(27)35(38)41/h5-6,8-14,16-17,19,21,23,27,29H,7,15,18H2,1-4H3/t21-,23+,27-,29-/m0/s1. The minimum Gasteiger partial charge on any atom is -0.451 e. The molecule has 2 fully saturated rings. The maximum atomic E-state index is 13.5. The summed E-state index contributed by atoms with van der Waals surface area (Å²) in [5.74, 6) is -1.17. The predicted octanol–water partition coefficient (Wildman–Crippen LogP) is 6.87. The normalized spacial score (nSPS) is 20.7. The maximum Gasteiger partial charge on any atom is 0.339 e. The summed E-state index contributed by atoms with van der Waals surface area (Å²) in [6, 6.07) is 21.6. The van der Waals surface area contributed by atoms with Gasteiger partial charge in [0.1, 0.15) is 0 Å². The van der Waals surface area contributed by atoms with E-state index in [1.54, 1.807) is 37.3 Å². The van der Waals surface area contributed by atoms with E-state index < -0.39 is 12.1 Å². The molecule has 1 aliphatic carbocycles. The Morgan fingerprint density at radius 2 is 1.53 bits per heavy atom. The lowest BCUT2D eigenvalue weighted by molar-refractivity contribution is -0.122. The highest BCUT2D eigenvalue weighted by Crippen LogP contribution is 2.42. The van der Waals surface area contributed by atoms with Crippen LogP contribution in [0.4, 0.5) is 5.69 Å². The molecule has 218 valence electrons. The zero-order valence-corrected chi connectivity index (χ0v) is 24.8. The number of ketones is 1. The molecule has 2 aliphatic rings. The molecule has 1 saturated heterocycles. The van der Waals surface area contributed by atoms with E-state index in [2.05, 4.69) is 6.92 Å². The number of hydrogen-bond donors (Lipinski definition) is 0. The van der Waals surface area contributed by atoms with Crippen LogP contribution in [0.15, 0.2) is 72.8 Å². The Morgan fingerprint density at radius 3 is 2.26 bits per heavy atom. The fourth-order valence-electron chi connectivity index (χ4n) is 6.31. The molecule has 0 radical (unpaired) electrons. The van der Waals surface area contributed by atoms with Gasteiger partial charge in [0, 0.05) is 16.5 Å². The summed E-state index contributed by atoms with van der Waals surface area (Å²) in [5, 5.41) is 0.630. The van der Waals surface area contributed by atoms with Crippen molar-refractivity contribution in [1.29, 1.82) is 0 Å². The number of imide groups is 1. The summed E-state index contributed by atoms with van der Waals surface area (Å²) in [4.78, 5) is 59.0. The van der Waals surface area contributed by atoms with Crippen molar-refractivity contribution in [2.45, 2.75) is 53.1 Å². The molecular weight excluding hydrogens is 540 g/mol. The Morgan fingerprint density at radius 1 is 0.860 bits per heavy atom. The number of aryl methyl sites for hydroxylation is 2. The molecular formula is C36H34N2O5. The zero-order chi connectivity index (χ0) is 30.4. The van der Waals surface area contributed by atoms with Crippen molar-refractivity contribution in [3.63, 3.8) is 0 Å². The number of aromatic nitrogens is 1. The molecule has 0 bridgehead atoms. The van der Waals surface area contributed by atoms with Crippen molar-refractivity contribution < 1.29 is 23.9 Å².